The fourth-order valence-corrected chi connectivity index (χ4v) is 1.79. The van der Waals surface area contributed by atoms with Gasteiger partial charge < -0.3 is 5.84 Å². The summed E-state index contributed by atoms with van der Waals surface area (Å²) in [4.78, 5) is 1.31. The molecule has 0 aliphatic rings. The van der Waals surface area contributed by atoms with Gasteiger partial charge in [0.15, 0.2) is 0 Å². The van der Waals surface area contributed by atoms with Crippen LogP contribution in [0.2, 0.25) is 0 Å². The molecule has 0 aliphatic heterocycles. The molecule has 14 heavy (non-hydrogen) atoms. The van der Waals surface area contributed by atoms with Crippen LogP contribution in [0.3, 0.4) is 0 Å². The Morgan fingerprint density at radius 1 is 1.29 bits per heavy atom. The van der Waals surface area contributed by atoms with Crippen LogP contribution in [0.1, 0.15) is 0 Å². The monoisotopic (exact) mass is 206 g/mol. The summed E-state index contributed by atoms with van der Waals surface area (Å²) >= 11 is 1.54. The van der Waals surface area contributed by atoms with Gasteiger partial charge in [-0.15, -0.1) is 16.9 Å². The molecule has 5 heteroatoms. The van der Waals surface area contributed by atoms with Gasteiger partial charge in [-0.1, -0.05) is 30.3 Å². The molecule has 0 aliphatic carbocycles. The summed E-state index contributed by atoms with van der Waals surface area (Å²) in [5, 5.41) is 8.59. The maximum Gasteiger partial charge on any atom is 0.148 e. The summed E-state index contributed by atoms with van der Waals surface area (Å²) in [5.74, 6) is 5.68. The standard InChI is InChI=1S/C9H10N4S/c1-14-9-8(13(10)12-11-9)7-5-3-2-4-6-7/h2-6H,10H2,1H3. The van der Waals surface area contributed by atoms with Crippen molar-refractivity contribution in [3.8, 4) is 11.3 Å². The fourth-order valence-electron chi connectivity index (χ4n) is 1.27. The van der Waals surface area contributed by atoms with Gasteiger partial charge in [0.25, 0.3) is 0 Å². The minimum absolute atomic E-state index is 0.846. The Kier molecular flexibility index (Phi) is 2.41. The molecule has 0 unspecified atom stereocenters. The van der Waals surface area contributed by atoms with Gasteiger partial charge in [-0.25, -0.2) is 0 Å². The first-order valence-electron chi connectivity index (χ1n) is 4.13. The van der Waals surface area contributed by atoms with E-state index >= 15 is 0 Å². The number of nitrogens with zero attached hydrogens (tertiary/aromatic N) is 3. The summed E-state index contributed by atoms with van der Waals surface area (Å²) < 4.78 is 0. The Morgan fingerprint density at radius 3 is 2.64 bits per heavy atom. The van der Waals surface area contributed by atoms with Crippen LogP contribution in [0.25, 0.3) is 11.3 Å². The zero-order valence-electron chi connectivity index (χ0n) is 7.71. The van der Waals surface area contributed by atoms with Gasteiger partial charge in [-0.2, -0.15) is 4.79 Å². The Hall–Kier alpha value is -1.49. The van der Waals surface area contributed by atoms with E-state index in [0.29, 0.717) is 0 Å². The van der Waals surface area contributed by atoms with Crippen molar-refractivity contribution in [1.82, 2.24) is 15.1 Å². The minimum atomic E-state index is 0.846. The molecule has 72 valence electrons. The smallest absolute Gasteiger partial charge is 0.148 e. The molecule has 0 amide bonds. The lowest BCUT2D eigenvalue weighted by Crippen LogP contribution is -2.11. The molecule has 0 spiro atoms. The Bertz CT molecular complexity index is 424. The predicted octanol–water partition coefficient (Wildman–Crippen LogP) is 1.38. The number of hydrogen-bond donors (Lipinski definition) is 1. The Labute approximate surface area is 86.1 Å². The molecule has 0 fully saturated rings. The molecule has 4 nitrogen and oxygen atoms in total. The second-order valence-corrected chi connectivity index (χ2v) is 3.55. The molecular formula is C9H10N4S. The largest absolute Gasteiger partial charge is 0.321 e. The normalized spacial score (nSPS) is 10.4. The highest BCUT2D eigenvalue weighted by Crippen LogP contribution is 2.26. The molecule has 0 atom stereocenters. The summed E-state index contributed by atoms with van der Waals surface area (Å²) in [6.07, 6.45) is 1.95. The van der Waals surface area contributed by atoms with Crippen LogP contribution in [-0.2, 0) is 0 Å². The molecular weight excluding hydrogens is 196 g/mol. The van der Waals surface area contributed by atoms with E-state index in [0.717, 1.165) is 16.3 Å². The molecule has 2 aromatic rings. The first-order chi connectivity index (χ1) is 6.83. The summed E-state index contributed by atoms with van der Waals surface area (Å²) in [6.45, 7) is 0. The number of rotatable bonds is 2. The fraction of sp³-hybridized carbons (Fsp3) is 0.111. The van der Waals surface area contributed by atoms with Crippen molar-refractivity contribution in [2.75, 3.05) is 12.1 Å². The number of aromatic nitrogens is 3. The lowest BCUT2D eigenvalue weighted by atomic mass is 10.2. The van der Waals surface area contributed by atoms with Gasteiger partial charge in [-0.05, 0) is 11.5 Å². The first kappa shape index (κ1) is 9.08. The zero-order chi connectivity index (χ0) is 9.97. The number of hydrogen-bond acceptors (Lipinski definition) is 4. The van der Waals surface area contributed by atoms with Crippen molar-refractivity contribution in [2.24, 2.45) is 0 Å². The molecule has 0 saturated carbocycles. The summed E-state index contributed by atoms with van der Waals surface area (Å²) in [6, 6.07) is 9.87. The Morgan fingerprint density at radius 2 is 2.00 bits per heavy atom. The second-order valence-electron chi connectivity index (χ2n) is 2.76. The molecule has 0 saturated heterocycles. The minimum Gasteiger partial charge on any atom is -0.321 e. The maximum atomic E-state index is 5.68. The van der Waals surface area contributed by atoms with Gasteiger partial charge >= 0.3 is 0 Å². The van der Waals surface area contributed by atoms with E-state index in [4.69, 9.17) is 5.84 Å². The van der Waals surface area contributed by atoms with Gasteiger partial charge in [-0.3, -0.25) is 0 Å². The molecule has 2 rings (SSSR count). The third kappa shape index (κ3) is 1.46. The molecule has 1 heterocycles. The average Bonchev–Trinajstić information content (AvgIpc) is 2.61. The van der Waals surface area contributed by atoms with Crippen molar-refractivity contribution in [1.29, 1.82) is 0 Å². The topological polar surface area (TPSA) is 56.7 Å². The van der Waals surface area contributed by atoms with Crippen molar-refractivity contribution in [2.45, 2.75) is 5.03 Å². The maximum absolute atomic E-state index is 5.68. The van der Waals surface area contributed by atoms with Crippen LogP contribution >= 0.6 is 11.8 Å². The lowest BCUT2D eigenvalue weighted by Gasteiger charge is -2.01. The number of thioether (sulfide) groups is 1. The number of nitrogen functional groups attached to an aromatic ring is 1. The van der Waals surface area contributed by atoms with E-state index in [1.54, 1.807) is 0 Å². The summed E-state index contributed by atoms with van der Waals surface area (Å²) in [5.41, 5.74) is 1.89. The van der Waals surface area contributed by atoms with Crippen LogP contribution in [0.15, 0.2) is 35.4 Å². The number of benzene rings is 1. The van der Waals surface area contributed by atoms with Crippen LogP contribution in [-0.4, -0.2) is 21.4 Å². The van der Waals surface area contributed by atoms with E-state index in [2.05, 4.69) is 10.3 Å². The van der Waals surface area contributed by atoms with Gasteiger partial charge in [0, 0.05) is 5.56 Å². The van der Waals surface area contributed by atoms with Crippen molar-refractivity contribution in [3.05, 3.63) is 30.3 Å². The van der Waals surface area contributed by atoms with Crippen LogP contribution in [0.5, 0.6) is 0 Å². The van der Waals surface area contributed by atoms with Crippen molar-refractivity contribution in [3.63, 3.8) is 0 Å². The van der Waals surface area contributed by atoms with Crippen molar-refractivity contribution < 1.29 is 0 Å². The van der Waals surface area contributed by atoms with Crippen LogP contribution in [0, 0.1) is 0 Å². The average molecular weight is 206 g/mol. The van der Waals surface area contributed by atoms with E-state index in [-0.39, 0.29) is 0 Å². The van der Waals surface area contributed by atoms with E-state index in [1.807, 2.05) is 36.6 Å². The third-order valence-corrected chi connectivity index (χ3v) is 2.57. The van der Waals surface area contributed by atoms with Crippen LogP contribution in [0.4, 0.5) is 0 Å². The van der Waals surface area contributed by atoms with Crippen LogP contribution < -0.4 is 5.84 Å². The highest BCUT2D eigenvalue weighted by Gasteiger charge is 2.11. The Balaban J connectivity index is 2.55. The molecule has 0 radical (unpaired) electrons. The lowest BCUT2D eigenvalue weighted by molar-refractivity contribution is 0.765. The SMILES string of the molecule is CSc1nnn(N)c1-c1ccccc1. The van der Waals surface area contributed by atoms with E-state index in [9.17, 15) is 0 Å². The second kappa shape index (κ2) is 3.71. The van der Waals surface area contributed by atoms with Crippen molar-refractivity contribution >= 4 is 11.8 Å². The highest BCUT2D eigenvalue weighted by molar-refractivity contribution is 7.98. The quantitative estimate of drug-likeness (QED) is 0.595. The van der Waals surface area contributed by atoms with Gasteiger partial charge in [0.2, 0.25) is 0 Å². The first-order valence-corrected chi connectivity index (χ1v) is 5.35. The third-order valence-electron chi connectivity index (χ3n) is 1.90. The van der Waals surface area contributed by atoms with Gasteiger partial charge in [0.05, 0.1) is 0 Å². The van der Waals surface area contributed by atoms with E-state index in [1.165, 1.54) is 16.6 Å². The van der Waals surface area contributed by atoms with E-state index < -0.39 is 0 Å². The molecule has 1 aromatic carbocycles. The number of nitrogens with two attached hydrogens (primary N) is 1. The molecule has 0 bridgehead atoms. The highest BCUT2D eigenvalue weighted by atomic mass is 32.2. The zero-order valence-corrected chi connectivity index (χ0v) is 8.53. The van der Waals surface area contributed by atoms with Gasteiger partial charge in [0.1, 0.15) is 10.7 Å². The predicted molar refractivity (Wildman–Crippen MR) is 57.4 cm³/mol. The summed E-state index contributed by atoms with van der Waals surface area (Å²) in [7, 11) is 0. The molecule has 1 aromatic heterocycles. The molecule has 2 N–H and O–H groups in total.